The molecule has 6 heterocycles. The van der Waals surface area contributed by atoms with Crippen LogP contribution in [0.5, 0.6) is 5.75 Å². The van der Waals surface area contributed by atoms with E-state index in [9.17, 15) is 0 Å². The number of H-pyrrole nitrogens is 2. The number of imidazole rings is 1. The molecule has 0 saturated carbocycles. The number of aromatic amines is 2. The summed E-state index contributed by atoms with van der Waals surface area (Å²) < 4.78 is 11.3. The number of likely N-dealkylation sites (tertiary alicyclic amines) is 1. The Morgan fingerprint density at radius 1 is 0.946 bits per heavy atom. The van der Waals surface area contributed by atoms with Gasteiger partial charge in [-0.3, -0.25) is 15.0 Å². The summed E-state index contributed by atoms with van der Waals surface area (Å²) in [5.74, 6) is 1.40. The molecule has 0 spiro atoms. The largest absolute Gasteiger partial charge is 0.491 e. The summed E-state index contributed by atoms with van der Waals surface area (Å²) in [7, 11) is 0. The lowest BCUT2D eigenvalue weighted by molar-refractivity contribution is 0.237. The normalized spacial score (nSPS) is 14.2. The number of hydrogen-bond acceptors (Lipinski definition) is 7. The second kappa shape index (κ2) is 9.18. The lowest BCUT2D eigenvalue weighted by atomic mass is 10.1. The van der Waals surface area contributed by atoms with Gasteiger partial charge >= 0.3 is 0 Å². The summed E-state index contributed by atoms with van der Waals surface area (Å²) in [6.45, 7) is 3.91. The van der Waals surface area contributed by atoms with Crippen LogP contribution in [-0.2, 0) is 0 Å². The van der Waals surface area contributed by atoms with E-state index in [0.29, 0.717) is 18.1 Å². The van der Waals surface area contributed by atoms with Gasteiger partial charge < -0.3 is 14.1 Å². The fourth-order valence-corrected chi connectivity index (χ4v) is 4.96. The molecule has 6 aromatic rings. The Morgan fingerprint density at radius 3 is 2.78 bits per heavy atom. The van der Waals surface area contributed by atoms with E-state index in [1.54, 1.807) is 24.9 Å². The van der Waals surface area contributed by atoms with Crippen molar-refractivity contribution >= 4 is 22.1 Å². The van der Waals surface area contributed by atoms with Crippen molar-refractivity contribution in [2.45, 2.75) is 12.8 Å². The fraction of sp³-hybridized carbons (Fsp3) is 0.214. The van der Waals surface area contributed by atoms with Gasteiger partial charge in [0, 0.05) is 29.4 Å². The van der Waals surface area contributed by atoms with Gasteiger partial charge in [-0.25, -0.2) is 9.97 Å². The molecule has 0 unspecified atom stereocenters. The Hall–Kier alpha value is -4.50. The van der Waals surface area contributed by atoms with Crippen LogP contribution >= 0.6 is 0 Å². The standard InChI is InChI=1S/C28H25N7O2/c1-2-10-35(9-1)11-13-37-20-14-19(15-29-16-20)22-6-7-24-26(30-22)27(34-33-24)28-31-23-5-3-4-21(25(23)32-28)18-8-12-36-17-18/h3-8,12,14-17H,1-2,9-11,13H2,(H,31,32)(H,33,34). The molecule has 1 aliphatic rings. The van der Waals surface area contributed by atoms with Gasteiger partial charge in [0.2, 0.25) is 0 Å². The monoisotopic (exact) mass is 491 g/mol. The first-order valence-corrected chi connectivity index (χ1v) is 12.5. The minimum absolute atomic E-state index is 0.649. The maximum atomic E-state index is 6.00. The number of furan rings is 1. The molecule has 9 nitrogen and oxygen atoms in total. The van der Waals surface area contributed by atoms with Crippen molar-refractivity contribution in [3.8, 4) is 39.7 Å². The van der Waals surface area contributed by atoms with Crippen LogP contribution in [0.25, 0.3) is 56.0 Å². The summed E-state index contributed by atoms with van der Waals surface area (Å²) in [5.41, 5.74) is 7.67. The minimum atomic E-state index is 0.649. The Balaban J connectivity index is 1.20. The number of pyridine rings is 2. The highest BCUT2D eigenvalue weighted by Gasteiger charge is 2.17. The first kappa shape index (κ1) is 21.8. The molecule has 0 atom stereocenters. The quantitative estimate of drug-likeness (QED) is 0.312. The van der Waals surface area contributed by atoms with Crippen LogP contribution in [0.4, 0.5) is 0 Å². The smallest absolute Gasteiger partial charge is 0.161 e. The number of aromatic nitrogens is 6. The van der Waals surface area contributed by atoms with Gasteiger partial charge in [-0.05, 0) is 56.3 Å². The summed E-state index contributed by atoms with van der Waals surface area (Å²) >= 11 is 0. The molecule has 7 rings (SSSR count). The number of rotatable bonds is 7. The lowest BCUT2D eigenvalue weighted by Crippen LogP contribution is -2.25. The topological polar surface area (TPSA) is 109 Å². The third-order valence-corrected chi connectivity index (χ3v) is 6.86. The molecular formula is C28H25N7O2. The number of para-hydroxylation sites is 1. The van der Waals surface area contributed by atoms with E-state index < -0.39 is 0 Å². The van der Waals surface area contributed by atoms with Gasteiger partial charge in [-0.1, -0.05) is 12.1 Å². The summed E-state index contributed by atoms with van der Waals surface area (Å²) in [5, 5.41) is 7.62. The molecule has 1 fully saturated rings. The molecule has 0 aliphatic carbocycles. The molecule has 0 amide bonds. The number of nitrogens with zero attached hydrogens (tertiary/aromatic N) is 5. The van der Waals surface area contributed by atoms with Gasteiger partial charge in [0.1, 0.15) is 17.9 Å². The van der Waals surface area contributed by atoms with Gasteiger partial charge in [0.05, 0.1) is 41.0 Å². The number of ether oxygens (including phenoxy) is 1. The zero-order chi connectivity index (χ0) is 24.6. The maximum Gasteiger partial charge on any atom is 0.161 e. The van der Waals surface area contributed by atoms with Crippen LogP contribution in [0.15, 0.2) is 71.8 Å². The van der Waals surface area contributed by atoms with Gasteiger partial charge in [-0.15, -0.1) is 0 Å². The van der Waals surface area contributed by atoms with Gasteiger partial charge in [-0.2, -0.15) is 5.10 Å². The third kappa shape index (κ3) is 4.13. The van der Waals surface area contributed by atoms with E-state index in [1.165, 1.54) is 12.8 Å². The highest BCUT2D eigenvalue weighted by Crippen LogP contribution is 2.32. The van der Waals surface area contributed by atoms with Crippen LogP contribution in [0, 0.1) is 0 Å². The van der Waals surface area contributed by atoms with Crippen LogP contribution in [0.2, 0.25) is 0 Å². The molecule has 5 aromatic heterocycles. The van der Waals surface area contributed by atoms with Crippen LogP contribution in [0.1, 0.15) is 12.8 Å². The molecule has 184 valence electrons. The summed E-state index contributed by atoms with van der Waals surface area (Å²) in [6.07, 6.45) is 9.50. The Labute approximate surface area is 212 Å². The van der Waals surface area contributed by atoms with Crippen LogP contribution in [-0.4, -0.2) is 61.3 Å². The summed E-state index contributed by atoms with van der Waals surface area (Å²) in [6, 6.07) is 13.9. The van der Waals surface area contributed by atoms with E-state index in [0.717, 1.165) is 69.8 Å². The molecule has 0 bridgehead atoms. The maximum absolute atomic E-state index is 6.00. The Morgan fingerprint density at radius 2 is 1.89 bits per heavy atom. The number of fused-ring (bicyclic) bond motifs is 2. The third-order valence-electron chi connectivity index (χ3n) is 6.86. The van der Waals surface area contributed by atoms with E-state index in [4.69, 9.17) is 19.1 Å². The molecule has 1 saturated heterocycles. The zero-order valence-corrected chi connectivity index (χ0v) is 20.1. The van der Waals surface area contributed by atoms with Crippen molar-refractivity contribution < 1.29 is 9.15 Å². The van der Waals surface area contributed by atoms with Crippen LogP contribution < -0.4 is 4.74 Å². The molecular weight excluding hydrogens is 466 g/mol. The van der Waals surface area contributed by atoms with Gasteiger partial charge in [0.15, 0.2) is 11.5 Å². The lowest BCUT2D eigenvalue weighted by Gasteiger charge is -2.15. The summed E-state index contributed by atoms with van der Waals surface area (Å²) in [4.78, 5) is 20.1. The molecule has 1 aliphatic heterocycles. The molecule has 37 heavy (non-hydrogen) atoms. The van der Waals surface area contributed by atoms with E-state index in [2.05, 4.69) is 25.1 Å². The fourth-order valence-electron chi connectivity index (χ4n) is 4.96. The van der Waals surface area contributed by atoms with E-state index in [1.807, 2.05) is 42.5 Å². The number of benzene rings is 1. The first-order valence-electron chi connectivity index (χ1n) is 12.5. The molecule has 0 radical (unpaired) electrons. The predicted molar refractivity (Wildman–Crippen MR) is 141 cm³/mol. The minimum Gasteiger partial charge on any atom is -0.491 e. The van der Waals surface area contributed by atoms with E-state index >= 15 is 0 Å². The van der Waals surface area contributed by atoms with Crippen molar-refractivity contribution in [2.75, 3.05) is 26.2 Å². The Kier molecular flexibility index (Phi) is 5.40. The molecule has 1 aromatic carbocycles. The SMILES string of the molecule is c1cc(-c2ccoc2)c2nc(-c3n[nH]c4ccc(-c5cncc(OCCN6CCCC6)c5)nc34)[nH]c2c1. The molecule has 2 N–H and O–H groups in total. The van der Waals surface area contributed by atoms with Crippen molar-refractivity contribution in [3.05, 3.63) is 67.4 Å². The second-order valence-corrected chi connectivity index (χ2v) is 9.27. The van der Waals surface area contributed by atoms with E-state index in [-0.39, 0.29) is 0 Å². The van der Waals surface area contributed by atoms with Crippen LogP contribution in [0.3, 0.4) is 0 Å². The number of nitrogens with one attached hydrogen (secondary N) is 2. The first-order chi connectivity index (χ1) is 18.3. The Bertz CT molecular complexity index is 1680. The van der Waals surface area contributed by atoms with Crippen molar-refractivity contribution in [1.82, 2.24) is 35.0 Å². The average molecular weight is 492 g/mol. The molecule has 9 heteroatoms. The predicted octanol–water partition coefficient (Wildman–Crippen LogP) is 5.30. The average Bonchev–Trinajstić information content (AvgIpc) is 3.74. The number of hydrogen-bond donors (Lipinski definition) is 2. The zero-order valence-electron chi connectivity index (χ0n) is 20.1. The van der Waals surface area contributed by atoms with Gasteiger partial charge in [0.25, 0.3) is 0 Å². The van der Waals surface area contributed by atoms with Crippen molar-refractivity contribution in [3.63, 3.8) is 0 Å². The highest BCUT2D eigenvalue weighted by molar-refractivity contribution is 5.96. The van der Waals surface area contributed by atoms with Crippen molar-refractivity contribution in [2.24, 2.45) is 0 Å². The second-order valence-electron chi connectivity index (χ2n) is 9.27. The highest BCUT2D eigenvalue weighted by atomic mass is 16.5. The van der Waals surface area contributed by atoms with Crippen molar-refractivity contribution in [1.29, 1.82) is 0 Å².